The van der Waals surface area contributed by atoms with E-state index in [2.05, 4.69) is 13.8 Å². The molecule has 0 aromatic rings. The first-order valence-corrected chi connectivity index (χ1v) is 5.92. The van der Waals surface area contributed by atoms with Crippen molar-refractivity contribution in [2.75, 3.05) is 0 Å². The van der Waals surface area contributed by atoms with Crippen LogP contribution in [0.1, 0.15) is 59.8 Å². The van der Waals surface area contributed by atoms with Gasteiger partial charge in [0.25, 0.3) is 0 Å². The molecular weight excluding hydrogens is 188 g/mol. The van der Waals surface area contributed by atoms with E-state index in [1.54, 1.807) is 6.92 Å². The molecule has 2 nitrogen and oxygen atoms in total. The van der Waals surface area contributed by atoms with Crippen LogP contribution in [-0.2, 0) is 4.79 Å². The fourth-order valence-corrected chi connectivity index (χ4v) is 1.71. The predicted octanol–water partition coefficient (Wildman–Crippen LogP) is 4.01. The molecule has 2 heteroatoms. The van der Waals surface area contributed by atoms with Crippen molar-refractivity contribution in [2.24, 2.45) is 5.92 Å². The van der Waals surface area contributed by atoms with E-state index in [0.717, 1.165) is 18.4 Å². The molecule has 88 valence electrons. The third-order valence-corrected chi connectivity index (χ3v) is 3.10. The Morgan fingerprint density at radius 3 is 2.27 bits per heavy atom. The van der Waals surface area contributed by atoms with Crippen molar-refractivity contribution in [2.45, 2.75) is 59.8 Å². The van der Waals surface area contributed by atoms with E-state index in [9.17, 15) is 4.79 Å². The Bertz CT molecular complexity index is 229. The highest BCUT2D eigenvalue weighted by molar-refractivity contribution is 5.86. The minimum atomic E-state index is -0.780. The van der Waals surface area contributed by atoms with Gasteiger partial charge in [0.2, 0.25) is 0 Å². The second-order valence-corrected chi connectivity index (χ2v) is 4.33. The van der Waals surface area contributed by atoms with Gasteiger partial charge in [0.15, 0.2) is 0 Å². The number of unbranched alkanes of at least 4 members (excludes halogenated alkanes) is 1. The topological polar surface area (TPSA) is 37.3 Å². The number of hydrogen-bond donors (Lipinski definition) is 1. The summed E-state index contributed by atoms with van der Waals surface area (Å²) < 4.78 is 0. The molecule has 0 aliphatic carbocycles. The fourth-order valence-electron chi connectivity index (χ4n) is 1.71. The van der Waals surface area contributed by atoms with Crippen LogP contribution in [-0.4, -0.2) is 11.1 Å². The molecule has 15 heavy (non-hydrogen) atoms. The van der Waals surface area contributed by atoms with Gasteiger partial charge in [0.1, 0.15) is 0 Å². The van der Waals surface area contributed by atoms with E-state index in [4.69, 9.17) is 5.11 Å². The Balaban J connectivity index is 4.28. The number of carbonyl (C=O) groups is 1. The van der Waals surface area contributed by atoms with E-state index in [0.29, 0.717) is 11.5 Å². The maximum absolute atomic E-state index is 10.8. The number of carboxylic acids is 1. The summed E-state index contributed by atoms with van der Waals surface area (Å²) in [7, 11) is 0. The molecule has 0 aliphatic heterocycles. The van der Waals surface area contributed by atoms with Crippen molar-refractivity contribution in [1.82, 2.24) is 0 Å². The van der Waals surface area contributed by atoms with Crippen molar-refractivity contribution in [3.63, 3.8) is 0 Å². The lowest BCUT2D eigenvalue weighted by molar-refractivity contribution is -0.132. The molecule has 0 aromatic heterocycles. The Hall–Kier alpha value is -0.790. The van der Waals surface area contributed by atoms with Crippen LogP contribution in [0.2, 0.25) is 0 Å². The molecule has 0 rings (SSSR count). The van der Waals surface area contributed by atoms with Crippen LogP contribution >= 0.6 is 0 Å². The molecule has 1 atom stereocenters. The molecule has 1 unspecified atom stereocenters. The SMILES string of the molecule is CCCCC(CC)CC(C)=C(C)C(=O)O. The Labute approximate surface area is 93.4 Å². The van der Waals surface area contributed by atoms with E-state index < -0.39 is 5.97 Å². The van der Waals surface area contributed by atoms with Gasteiger partial charge in [-0.25, -0.2) is 4.79 Å². The zero-order chi connectivity index (χ0) is 11.8. The Morgan fingerprint density at radius 1 is 1.27 bits per heavy atom. The summed E-state index contributed by atoms with van der Waals surface area (Å²) in [6, 6.07) is 0. The average molecular weight is 212 g/mol. The molecular formula is C13H24O2. The zero-order valence-corrected chi connectivity index (χ0v) is 10.5. The van der Waals surface area contributed by atoms with Gasteiger partial charge < -0.3 is 5.11 Å². The first-order valence-electron chi connectivity index (χ1n) is 5.92. The number of hydrogen-bond acceptors (Lipinski definition) is 1. The largest absolute Gasteiger partial charge is 0.478 e. The van der Waals surface area contributed by atoms with Crippen LogP contribution in [0.15, 0.2) is 11.1 Å². The van der Waals surface area contributed by atoms with E-state index >= 15 is 0 Å². The van der Waals surface area contributed by atoms with Crippen LogP contribution in [0.4, 0.5) is 0 Å². The maximum Gasteiger partial charge on any atom is 0.331 e. The number of aliphatic carboxylic acids is 1. The fraction of sp³-hybridized carbons (Fsp3) is 0.769. The summed E-state index contributed by atoms with van der Waals surface area (Å²) >= 11 is 0. The molecule has 1 N–H and O–H groups in total. The molecule has 0 bridgehead atoms. The number of rotatable bonds is 7. The lowest BCUT2D eigenvalue weighted by Crippen LogP contribution is -2.05. The van der Waals surface area contributed by atoms with Gasteiger partial charge in [0.05, 0.1) is 0 Å². The van der Waals surface area contributed by atoms with Crippen molar-refractivity contribution in [3.8, 4) is 0 Å². The summed E-state index contributed by atoms with van der Waals surface area (Å²) in [6.07, 6.45) is 5.77. The first-order chi connectivity index (χ1) is 7.02. The summed E-state index contributed by atoms with van der Waals surface area (Å²) in [5.41, 5.74) is 1.55. The number of carboxylic acid groups (broad SMARTS) is 1. The summed E-state index contributed by atoms with van der Waals surface area (Å²) in [6.45, 7) is 8.02. The van der Waals surface area contributed by atoms with Gasteiger partial charge in [0, 0.05) is 5.57 Å². The summed E-state index contributed by atoms with van der Waals surface area (Å²) in [5.74, 6) is -0.128. The molecule has 0 heterocycles. The van der Waals surface area contributed by atoms with Gasteiger partial charge in [-0.15, -0.1) is 0 Å². The van der Waals surface area contributed by atoms with E-state index in [-0.39, 0.29) is 0 Å². The standard InChI is InChI=1S/C13H24O2/c1-5-7-8-12(6-2)9-10(3)11(4)13(14)15/h12H,5-9H2,1-4H3,(H,14,15). The molecule has 0 saturated carbocycles. The highest BCUT2D eigenvalue weighted by Crippen LogP contribution is 2.22. The Morgan fingerprint density at radius 2 is 1.87 bits per heavy atom. The van der Waals surface area contributed by atoms with Crippen molar-refractivity contribution in [1.29, 1.82) is 0 Å². The van der Waals surface area contributed by atoms with Gasteiger partial charge in [-0.1, -0.05) is 45.1 Å². The lowest BCUT2D eigenvalue weighted by Gasteiger charge is -2.15. The third-order valence-electron chi connectivity index (χ3n) is 3.10. The molecule has 0 radical (unpaired) electrons. The van der Waals surface area contributed by atoms with Crippen molar-refractivity contribution < 1.29 is 9.90 Å². The summed E-state index contributed by atoms with van der Waals surface area (Å²) in [4.78, 5) is 10.8. The molecule has 0 fully saturated rings. The highest BCUT2D eigenvalue weighted by atomic mass is 16.4. The molecule has 0 spiro atoms. The molecule has 0 aliphatic rings. The van der Waals surface area contributed by atoms with Gasteiger partial charge in [-0.2, -0.15) is 0 Å². The third kappa shape index (κ3) is 5.60. The van der Waals surface area contributed by atoms with Crippen LogP contribution in [0, 0.1) is 5.92 Å². The van der Waals surface area contributed by atoms with Crippen molar-refractivity contribution >= 4 is 5.97 Å². The second-order valence-electron chi connectivity index (χ2n) is 4.33. The smallest absolute Gasteiger partial charge is 0.331 e. The zero-order valence-electron chi connectivity index (χ0n) is 10.5. The van der Waals surface area contributed by atoms with Crippen molar-refractivity contribution in [3.05, 3.63) is 11.1 Å². The average Bonchev–Trinajstić information content (AvgIpc) is 2.22. The first kappa shape index (κ1) is 14.2. The molecule has 0 saturated heterocycles. The summed E-state index contributed by atoms with van der Waals surface area (Å²) in [5, 5.41) is 8.86. The van der Waals surface area contributed by atoms with Crippen LogP contribution in [0.3, 0.4) is 0 Å². The van der Waals surface area contributed by atoms with Crippen LogP contribution in [0.25, 0.3) is 0 Å². The van der Waals surface area contributed by atoms with E-state index in [1.165, 1.54) is 19.3 Å². The normalized spacial score (nSPS) is 14.7. The molecule has 0 amide bonds. The maximum atomic E-state index is 10.8. The Kier molecular flexibility index (Phi) is 7.10. The molecule has 0 aromatic carbocycles. The minimum absolute atomic E-state index is 0.518. The van der Waals surface area contributed by atoms with Gasteiger partial charge in [-0.05, 0) is 26.2 Å². The number of allylic oxidation sites excluding steroid dienone is 1. The monoisotopic (exact) mass is 212 g/mol. The second kappa shape index (κ2) is 7.49. The van der Waals surface area contributed by atoms with Crippen LogP contribution < -0.4 is 0 Å². The quantitative estimate of drug-likeness (QED) is 0.647. The minimum Gasteiger partial charge on any atom is -0.478 e. The van der Waals surface area contributed by atoms with Gasteiger partial charge in [-0.3, -0.25) is 0 Å². The lowest BCUT2D eigenvalue weighted by atomic mass is 9.91. The van der Waals surface area contributed by atoms with E-state index in [1.807, 2.05) is 6.92 Å². The highest BCUT2D eigenvalue weighted by Gasteiger charge is 2.11. The van der Waals surface area contributed by atoms with Crippen LogP contribution in [0.5, 0.6) is 0 Å². The van der Waals surface area contributed by atoms with Gasteiger partial charge >= 0.3 is 5.97 Å². The predicted molar refractivity (Wildman–Crippen MR) is 63.9 cm³/mol.